The topological polar surface area (TPSA) is 52.7 Å². The summed E-state index contributed by atoms with van der Waals surface area (Å²) in [5.41, 5.74) is 0. The Hall–Kier alpha value is -1.10. The Kier molecular flexibility index (Phi) is 9.87. The zero-order chi connectivity index (χ0) is 16.2. The lowest BCUT2D eigenvalue weighted by Gasteiger charge is -2.22. The molecule has 0 radical (unpaired) electrons. The van der Waals surface area contributed by atoms with Crippen molar-refractivity contribution in [1.29, 1.82) is 0 Å². The second-order valence-electron chi connectivity index (χ2n) is 6.25. The molecule has 1 rings (SSSR count). The van der Waals surface area contributed by atoms with Gasteiger partial charge in [-0.05, 0) is 6.42 Å². The molecule has 0 aliphatic carbocycles. The van der Waals surface area contributed by atoms with Gasteiger partial charge in [-0.1, -0.05) is 64.7 Å². The number of nitrogens with zero attached hydrogens (tertiary/aromatic N) is 2. The van der Waals surface area contributed by atoms with E-state index in [-0.39, 0.29) is 11.9 Å². The lowest BCUT2D eigenvalue weighted by atomic mass is 10.1. The largest absolute Gasteiger partial charge is 0.339 e. The van der Waals surface area contributed by atoms with Crippen molar-refractivity contribution in [2.45, 2.75) is 77.6 Å². The van der Waals surface area contributed by atoms with E-state index in [0.29, 0.717) is 19.5 Å². The summed E-state index contributed by atoms with van der Waals surface area (Å²) in [4.78, 5) is 23.4. The molecule has 5 nitrogen and oxygen atoms in total. The molecule has 0 unspecified atom stereocenters. The summed E-state index contributed by atoms with van der Waals surface area (Å²) in [5, 5.41) is 5.73. The van der Waals surface area contributed by atoms with Gasteiger partial charge in [0.15, 0.2) is 0 Å². The summed E-state index contributed by atoms with van der Waals surface area (Å²) >= 11 is 0. The van der Waals surface area contributed by atoms with Gasteiger partial charge >= 0.3 is 6.03 Å². The minimum atomic E-state index is -0.277. The van der Waals surface area contributed by atoms with E-state index < -0.39 is 0 Å². The highest BCUT2D eigenvalue weighted by atomic mass is 16.2. The van der Waals surface area contributed by atoms with Crippen molar-refractivity contribution in [3.8, 4) is 0 Å². The van der Waals surface area contributed by atoms with Gasteiger partial charge in [-0.25, -0.2) is 9.80 Å². The smallest absolute Gasteiger partial charge is 0.336 e. The number of imide groups is 1. The number of carbonyl (C=O) groups excluding carboxylic acids is 2. The van der Waals surface area contributed by atoms with Gasteiger partial charge in [-0.15, -0.1) is 0 Å². The maximum Gasteiger partial charge on any atom is 0.339 e. The normalized spacial score (nSPS) is 15.5. The highest BCUT2D eigenvalue weighted by Crippen LogP contribution is 2.11. The van der Waals surface area contributed by atoms with Crippen LogP contribution in [-0.2, 0) is 4.79 Å². The maximum absolute atomic E-state index is 11.9. The first-order chi connectivity index (χ1) is 10.7. The van der Waals surface area contributed by atoms with Crippen molar-refractivity contribution in [2.24, 2.45) is 0 Å². The van der Waals surface area contributed by atoms with Crippen LogP contribution >= 0.6 is 0 Å². The molecule has 0 atom stereocenters. The predicted octanol–water partition coefficient (Wildman–Crippen LogP) is 3.70. The van der Waals surface area contributed by atoms with Crippen molar-refractivity contribution in [2.75, 3.05) is 20.1 Å². The van der Waals surface area contributed by atoms with E-state index in [1.165, 1.54) is 56.4 Å². The van der Waals surface area contributed by atoms with Crippen LogP contribution in [0.4, 0.5) is 4.79 Å². The molecule has 128 valence electrons. The quantitative estimate of drug-likeness (QED) is 0.592. The molecule has 1 heterocycles. The Morgan fingerprint density at radius 1 is 1.00 bits per heavy atom. The standard InChI is InChI=1S/C17H33N3O2/c1-3-4-5-6-7-8-9-10-11-12-14-18-17(22)20-16(21)13-15-19(20)2/h3-15H2,1-2H3,(H,18,22). The van der Waals surface area contributed by atoms with Gasteiger partial charge in [0.2, 0.25) is 5.91 Å². The number of hydrazine groups is 1. The highest BCUT2D eigenvalue weighted by molar-refractivity contribution is 5.95. The SMILES string of the molecule is CCCCCCCCCCCCNC(=O)N1C(=O)CCN1C. The second kappa shape index (κ2) is 11.5. The summed E-state index contributed by atoms with van der Waals surface area (Å²) in [7, 11) is 1.77. The number of hydrogen-bond donors (Lipinski definition) is 1. The number of urea groups is 1. The summed E-state index contributed by atoms with van der Waals surface area (Å²) in [5.74, 6) is -0.108. The number of hydrogen-bond acceptors (Lipinski definition) is 3. The van der Waals surface area contributed by atoms with Crippen LogP contribution in [0.5, 0.6) is 0 Å². The third-order valence-corrected chi connectivity index (χ3v) is 4.23. The fourth-order valence-corrected chi connectivity index (χ4v) is 2.80. The monoisotopic (exact) mass is 311 g/mol. The van der Waals surface area contributed by atoms with Gasteiger partial charge in [0.05, 0.1) is 0 Å². The molecule has 0 aromatic heterocycles. The molecule has 1 saturated heterocycles. The summed E-state index contributed by atoms with van der Waals surface area (Å²) in [6.45, 7) is 3.54. The maximum atomic E-state index is 11.9. The average Bonchev–Trinajstić information content (AvgIpc) is 2.83. The van der Waals surface area contributed by atoms with Crippen LogP contribution in [0, 0.1) is 0 Å². The zero-order valence-corrected chi connectivity index (χ0v) is 14.4. The van der Waals surface area contributed by atoms with Crippen LogP contribution in [0.15, 0.2) is 0 Å². The number of carbonyl (C=O) groups is 2. The van der Waals surface area contributed by atoms with Crippen LogP contribution in [0.2, 0.25) is 0 Å². The van der Waals surface area contributed by atoms with Crippen molar-refractivity contribution in [1.82, 2.24) is 15.3 Å². The predicted molar refractivity (Wildman–Crippen MR) is 89.3 cm³/mol. The molecule has 3 amide bonds. The van der Waals surface area contributed by atoms with Crippen molar-refractivity contribution >= 4 is 11.9 Å². The Balaban J connectivity index is 1.91. The van der Waals surface area contributed by atoms with E-state index in [2.05, 4.69) is 12.2 Å². The van der Waals surface area contributed by atoms with Crippen LogP contribution in [0.3, 0.4) is 0 Å². The Morgan fingerprint density at radius 3 is 2.05 bits per heavy atom. The Morgan fingerprint density at radius 2 is 1.55 bits per heavy atom. The van der Waals surface area contributed by atoms with Gasteiger partial charge in [0.25, 0.3) is 0 Å². The minimum Gasteiger partial charge on any atom is -0.336 e. The Labute approximate surface area is 135 Å². The van der Waals surface area contributed by atoms with Crippen molar-refractivity contribution in [3.05, 3.63) is 0 Å². The van der Waals surface area contributed by atoms with Gasteiger partial charge in [-0.2, -0.15) is 5.01 Å². The first kappa shape index (κ1) is 18.9. The molecular formula is C17H33N3O2. The van der Waals surface area contributed by atoms with E-state index in [4.69, 9.17) is 0 Å². The van der Waals surface area contributed by atoms with Gasteiger partial charge in [0, 0.05) is 26.6 Å². The lowest BCUT2D eigenvalue weighted by molar-refractivity contribution is -0.131. The summed E-state index contributed by atoms with van der Waals surface area (Å²) in [6.07, 6.45) is 13.3. The van der Waals surface area contributed by atoms with E-state index in [0.717, 1.165) is 12.8 Å². The van der Waals surface area contributed by atoms with E-state index in [9.17, 15) is 9.59 Å². The number of nitrogens with one attached hydrogen (secondary N) is 1. The lowest BCUT2D eigenvalue weighted by Crippen LogP contribution is -2.47. The molecule has 1 fully saturated rings. The van der Waals surface area contributed by atoms with E-state index >= 15 is 0 Å². The van der Waals surface area contributed by atoms with Crippen LogP contribution in [0.1, 0.15) is 77.6 Å². The molecule has 0 aromatic carbocycles. The molecular weight excluding hydrogens is 278 g/mol. The summed E-state index contributed by atoms with van der Waals surface area (Å²) < 4.78 is 0. The molecule has 22 heavy (non-hydrogen) atoms. The highest BCUT2D eigenvalue weighted by Gasteiger charge is 2.31. The molecule has 5 heteroatoms. The van der Waals surface area contributed by atoms with Crippen LogP contribution < -0.4 is 5.32 Å². The fraction of sp³-hybridized carbons (Fsp3) is 0.882. The molecule has 0 saturated carbocycles. The minimum absolute atomic E-state index is 0.108. The first-order valence-electron chi connectivity index (χ1n) is 8.98. The molecule has 0 bridgehead atoms. The van der Waals surface area contributed by atoms with E-state index in [1.54, 1.807) is 12.1 Å². The zero-order valence-electron chi connectivity index (χ0n) is 14.4. The third kappa shape index (κ3) is 7.25. The van der Waals surface area contributed by atoms with E-state index in [1.807, 2.05) is 0 Å². The summed E-state index contributed by atoms with van der Waals surface area (Å²) in [6, 6.07) is -0.277. The van der Waals surface area contributed by atoms with Crippen LogP contribution in [0.25, 0.3) is 0 Å². The molecule has 1 aliphatic rings. The molecule has 1 aliphatic heterocycles. The van der Waals surface area contributed by atoms with Crippen LogP contribution in [-0.4, -0.2) is 42.1 Å². The van der Waals surface area contributed by atoms with Crippen molar-refractivity contribution < 1.29 is 9.59 Å². The number of rotatable bonds is 11. The average molecular weight is 311 g/mol. The first-order valence-corrected chi connectivity index (χ1v) is 8.98. The van der Waals surface area contributed by atoms with Gasteiger partial charge in [0.1, 0.15) is 0 Å². The molecule has 0 aromatic rings. The van der Waals surface area contributed by atoms with Gasteiger partial charge < -0.3 is 5.32 Å². The third-order valence-electron chi connectivity index (χ3n) is 4.23. The van der Waals surface area contributed by atoms with Gasteiger partial charge in [-0.3, -0.25) is 4.79 Å². The molecule has 1 N–H and O–H groups in total. The Bertz CT molecular complexity index is 334. The number of amides is 3. The molecule has 0 spiro atoms. The fourth-order valence-electron chi connectivity index (χ4n) is 2.80. The van der Waals surface area contributed by atoms with Crippen molar-refractivity contribution in [3.63, 3.8) is 0 Å². The number of unbranched alkanes of at least 4 members (excludes halogenated alkanes) is 9. The second-order valence-corrected chi connectivity index (χ2v) is 6.25.